The number of hydrogen-bond acceptors (Lipinski definition) is 4. The third-order valence-corrected chi connectivity index (χ3v) is 4.44. The van der Waals surface area contributed by atoms with Crippen LogP contribution >= 0.6 is 0 Å². The summed E-state index contributed by atoms with van der Waals surface area (Å²) in [5.41, 5.74) is 6.90. The van der Waals surface area contributed by atoms with E-state index >= 15 is 0 Å². The van der Waals surface area contributed by atoms with Gasteiger partial charge in [0.1, 0.15) is 18.0 Å². The predicted octanol–water partition coefficient (Wildman–Crippen LogP) is 3.00. The zero-order valence-electron chi connectivity index (χ0n) is 14.1. The third-order valence-electron chi connectivity index (χ3n) is 4.44. The van der Waals surface area contributed by atoms with Gasteiger partial charge in [-0.2, -0.15) is 0 Å². The Hall–Kier alpha value is -1.72. The first-order valence-electron chi connectivity index (χ1n) is 8.44. The average Bonchev–Trinajstić information content (AvgIpc) is 2.60. The zero-order chi connectivity index (χ0) is 17.5. The first-order valence-corrected chi connectivity index (χ1v) is 8.44. The van der Waals surface area contributed by atoms with Crippen molar-refractivity contribution in [2.75, 3.05) is 6.61 Å². The largest absolute Gasteiger partial charge is 0.459 e. The molecule has 1 fully saturated rings. The Morgan fingerprint density at radius 2 is 2.08 bits per heavy atom. The predicted molar refractivity (Wildman–Crippen MR) is 90.9 cm³/mol. The van der Waals surface area contributed by atoms with E-state index in [1.165, 1.54) is 12.1 Å². The molecule has 0 radical (unpaired) electrons. The van der Waals surface area contributed by atoms with Crippen LogP contribution in [0.4, 0.5) is 4.39 Å². The molecule has 2 rings (SSSR count). The maximum Gasteiger partial charge on any atom is 0.323 e. The summed E-state index contributed by atoms with van der Waals surface area (Å²) in [5.74, 6) is -0.471. The molecule has 1 aliphatic rings. The minimum Gasteiger partial charge on any atom is -0.459 e. The number of halogens is 1. The van der Waals surface area contributed by atoms with Gasteiger partial charge in [0, 0.05) is 0 Å². The maximum absolute atomic E-state index is 13.1. The molecule has 1 aromatic rings. The number of ether oxygens (including phenoxy) is 2. The molecule has 4 nitrogen and oxygen atoms in total. The van der Waals surface area contributed by atoms with E-state index in [0.29, 0.717) is 13.0 Å². The highest BCUT2D eigenvalue weighted by molar-refractivity contribution is 5.75. The zero-order valence-corrected chi connectivity index (χ0v) is 14.1. The molecule has 4 atom stereocenters. The number of benzene rings is 1. The molecule has 0 saturated carbocycles. The lowest BCUT2D eigenvalue weighted by atomic mass is 9.87. The molecular formula is C19H26FNO3. The first kappa shape index (κ1) is 18.6. The second-order valence-electron chi connectivity index (χ2n) is 6.36. The van der Waals surface area contributed by atoms with Gasteiger partial charge in [-0.05, 0) is 49.8 Å². The molecule has 0 aromatic heterocycles. The minimum atomic E-state index is -0.586. The van der Waals surface area contributed by atoms with E-state index in [-0.39, 0.29) is 23.8 Å². The normalized spacial score (nSPS) is 28.4. The monoisotopic (exact) mass is 335 g/mol. The van der Waals surface area contributed by atoms with Crippen molar-refractivity contribution in [2.45, 2.75) is 50.9 Å². The highest BCUT2D eigenvalue weighted by Crippen LogP contribution is 2.27. The van der Waals surface area contributed by atoms with Crippen LogP contribution in [0.2, 0.25) is 0 Å². The Morgan fingerprint density at radius 1 is 1.38 bits per heavy atom. The fourth-order valence-corrected chi connectivity index (χ4v) is 3.20. The topological polar surface area (TPSA) is 61.5 Å². The van der Waals surface area contributed by atoms with Gasteiger partial charge in [-0.1, -0.05) is 24.6 Å². The van der Waals surface area contributed by atoms with E-state index < -0.39 is 12.1 Å². The Morgan fingerprint density at radius 3 is 2.75 bits per heavy atom. The van der Waals surface area contributed by atoms with Gasteiger partial charge in [0.05, 0.1) is 12.7 Å². The molecule has 1 aromatic carbocycles. The summed E-state index contributed by atoms with van der Waals surface area (Å²) in [6, 6.07) is 5.91. The molecule has 5 heteroatoms. The average molecular weight is 335 g/mol. The second kappa shape index (κ2) is 8.94. The Balaban J connectivity index is 2.18. The maximum atomic E-state index is 13.1. The molecule has 1 aliphatic heterocycles. The molecule has 0 spiro atoms. The molecule has 1 saturated heterocycles. The summed E-state index contributed by atoms with van der Waals surface area (Å²) >= 11 is 0. The smallest absolute Gasteiger partial charge is 0.323 e. The van der Waals surface area contributed by atoms with Gasteiger partial charge < -0.3 is 15.2 Å². The number of esters is 1. The lowest BCUT2D eigenvalue weighted by Gasteiger charge is -2.31. The van der Waals surface area contributed by atoms with Gasteiger partial charge in [0.25, 0.3) is 0 Å². The van der Waals surface area contributed by atoms with Gasteiger partial charge in [-0.3, -0.25) is 4.79 Å². The van der Waals surface area contributed by atoms with Crippen LogP contribution in [0.15, 0.2) is 36.9 Å². The fourth-order valence-electron chi connectivity index (χ4n) is 3.20. The number of hydrogen-bond donors (Lipinski definition) is 1. The lowest BCUT2D eigenvalue weighted by molar-refractivity contribution is -0.159. The number of rotatable bonds is 5. The minimum absolute atomic E-state index is 0.156. The van der Waals surface area contributed by atoms with Gasteiger partial charge >= 0.3 is 5.97 Å². The summed E-state index contributed by atoms with van der Waals surface area (Å²) in [7, 11) is 0. The number of cyclic esters (lactones) is 1. The summed E-state index contributed by atoms with van der Waals surface area (Å²) in [6.07, 6.45) is 4.06. The summed E-state index contributed by atoms with van der Waals surface area (Å²) in [6.45, 7) is 5.90. The van der Waals surface area contributed by atoms with Crippen LogP contribution in [-0.4, -0.2) is 30.8 Å². The molecule has 0 aliphatic carbocycles. The summed E-state index contributed by atoms with van der Waals surface area (Å²) in [5, 5.41) is 0. The van der Waals surface area contributed by atoms with Crippen molar-refractivity contribution < 1.29 is 18.7 Å². The van der Waals surface area contributed by atoms with Crippen LogP contribution < -0.4 is 5.73 Å². The number of carbonyl (C=O) groups excluding carboxylic acids is 1. The second-order valence-corrected chi connectivity index (χ2v) is 6.36. The van der Waals surface area contributed by atoms with Crippen molar-refractivity contribution in [3.63, 3.8) is 0 Å². The SMILES string of the molecule is C=CCOC1C(Cc2ccc(F)cc2)CCCC(N)C(=O)OC1C. The molecule has 1 heterocycles. The van der Waals surface area contributed by atoms with Gasteiger partial charge in [-0.25, -0.2) is 4.39 Å². The van der Waals surface area contributed by atoms with Crippen molar-refractivity contribution in [1.82, 2.24) is 0 Å². The van der Waals surface area contributed by atoms with Crippen LogP contribution in [0, 0.1) is 11.7 Å². The first-order chi connectivity index (χ1) is 11.5. The van der Waals surface area contributed by atoms with E-state index in [2.05, 4.69) is 6.58 Å². The highest BCUT2D eigenvalue weighted by atomic mass is 19.1. The Bertz CT molecular complexity index is 546. The molecule has 4 unspecified atom stereocenters. The standard InChI is InChI=1S/C19H26FNO3/c1-3-11-23-18-13(2)24-19(22)17(21)6-4-5-15(18)12-14-7-9-16(20)10-8-14/h3,7-10,13,15,17-18H,1,4-6,11-12,21H2,2H3. The van der Waals surface area contributed by atoms with E-state index in [4.69, 9.17) is 15.2 Å². The quantitative estimate of drug-likeness (QED) is 0.664. The number of carbonyl (C=O) groups is 1. The molecule has 24 heavy (non-hydrogen) atoms. The Labute approximate surface area is 142 Å². The van der Waals surface area contributed by atoms with E-state index in [0.717, 1.165) is 24.8 Å². The van der Waals surface area contributed by atoms with Gasteiger partial charge in [0.2, 0.25) is 0 Å². The van der Waals surface area contributed by atoms with Crippen molar-refractivity contribution >= 4 is 5.97 Å². The fraction of sp³-hybridized carbons (Fsp3) is 0.526. The molecule has 0 amide bonds. The van der Waals surface area contributed by atoms with Gasteiger partial charge in [-0.15, -0.1) is 6.58 Å². The van der Waals surface area contributed by atoms with Crippen LogP contribution in [0.1, 0.15) is 31.7 Å². The van der Waals surface area contributed by atoms with Crippen molar-refractivity contribution in [3.8, 4) is 0 Å². The van der Waals surface area contributed by atoms with Crippen molar-refractivity contribution in [1.29, 1.82) is 0 Å². The van der Waals surface area contributed by atoms with Crippen LogP contribution in [0.3, 0.4) is 0 Å². The van der Waals surface area contributed by atoms with Crippen molar-refractivity contribution in [2.24, 2.45) is 11.7 Å². The van der Waals surface area contributed by atoms with E-state index in [1.54, 1.807) is 18.2 Å². The molecule has 132 valence electrons. The van der Waals surface area contributed by atoms with Crippen LogP contribution in [0.25, 0.3) is 0 Å². The lowest BCUT2D eigenvalue weighted by Crippen LogP contribution is -2.40. The third kappa shape index (κ3) is 5.14. The van der Waals surface area contributed by atoms with Crippen molar-refractivity contribution in [3.05, 3.63) is 48.3 Å². The highest BCUT2D eigenvalue weighted by Gasteiger charge is 2.33. The van der Waals surface area contributed by atoms with Crippen LogP contribution in [0.5, 0.6) is 0 Å². The molecule has 2 N–H and O–H groups in total. The Kier molecular flexibility index (Phi) is 6.94. The summed E-state index contributed by atoms with van der Waals surface area (Å²) in [4.78, 5) is 12.0. The van der Waals surface area contributed by atoms with Crippen LogP contribution in [-0.2, 0) is 20.7 Å². The molecular weight excluding hydrogens is 309 g/mol. The van der Waals surface area contributed by atoms with E-state index in [9.17, 15) is 9.18 Å². The number of nitrogens with two attached hydrogens (primary N) is 1. The van der Waals surface area contributed by atoms with E-state index in [1.807, 2.05) is 6.92 Å². The summed E-state index contributed by atoms with van der Waals surface area (Å²) < 4.78 is 24.5. The molecule has 0 bridgehead atoms. The van der Waals surface area contributed by atoms with Gasteiger partial charge in [0.15, 0.2) is 0 Å².